The van der Waals surface area contributed by atoms with Gasteiger partial charge in [0.2, 0.25) is 0 Å². The molecule has 26 heteroatoms. The highest BCUT2D eigenvalue weighted by Gasteiger charge is 2.35. The van der Waals surface area contributed by atoms with Crippen LogP contribution in [0.1, 0.15) is 52.7 Å². The van der Waals surface area contributed by atoms with E-state index in [0.717, 1.165) is 21.2 Å². The van der Waals surface area contributed by atoms with Gasteiger partial charge in [-0.3, -0.25) is 37.7 Å². The Bertz CT molecular complexity index is 2900. The fourth-order valence-corrected chi connectivity index (χ4v) is 11.5. The van der Waals surface area contributed by atoms with E-state index < -0.39 is 83.1 Å². The van der Waals surface area contributed by atoms with Crippen molar-refractivity contribution in [2.45, 2.75) is 89.1 Å². The SMILES string of the molecule is CC(C)OC(=O)[C@H](C)NP(=O)(CC(=O)O)Oc1ccccc1.CC(C)OC(=O)[C@H](C)NP(=O)(CC(=O)OCc1ccccc1)Oc1ccccc1.O=C(CP(=O)(O)O)OCc1ccccc1.c1ccc(SSc2ccccn2)nc1. The van der Waals surface area contributed by atoms with Crippen LogP contribution in [0.4, 0.5) is 0 Å². The molecule has 0 fully saturated rings. The minimum absolute atomic E-state index is 0.0275. The molecule has 6 aromatic rings. The predicted octanol–water partition coefficient (Wildman–Crippen LogP) is 10.4. The lowest BCUT2D eigenvalue weighted by molar-refractivity contribution is -0.149. The van der Waals surface area contributed by atoms with Gasteiger partial charge in [0.25, 0.3) is 0 Å². The number of hydrogen-bond acceptors (Lipinski definition) is 18. The number of nitrogens with one attached hydrogen (secondary N) is 2. The second kappa shape index (κ2) is 35.9. The van der Waals surface area contributed by atoms with E-state index in [1.165, 1.54) is 13.8 Å². The summed E-state index contributed by atoms with van der Waals surface area (Å²) in [6, 6.07) is 44.5. The molecular weight excluding hydrogens is 1130 g/mol. The third-order valence-electron chi connectivity index (χ3n) is 9.17. The average Bonchev–Trinajstić information content (AvgIpc) is 3.41. The molecule has 4 atom stereocenters. The standard InChI is InChI=1S/C21H26NO6P.C14H20NO6P.C10H8N2S2.C9H11O5P/c1-16(2)27-21(24)17(3)22-29(25,28-19-12-8-5-9-13-19)15-20(23)26-14-18-10-6-4-7-11-18;1-10(2)20-14(18)11(3)15-22(19,9-13(16)17)21-12-7-5-4-6-8-12;1-3-7-11-9(5-1)13-14-10-6-2-4-8-12-10;10-9(7-15(11,12)13)14-6-8-4-2-1-3-5-8/h4-13,16-17H,14-15H2,1-3H3,(H,22,25);4-8,10-11H,9H2,1-3H3,(H,15,19)(H,16,17);1-8H;1-5H,6-7H2,(H2,11,12,13)/t17-,29?;11-,22?;;/m00../s1. The Labute approximate surface area is 472 Å². The van der Waals surface area contributed by atoms with Crippen molar-refractivity contribution in [3.63, 3.8) is 0 Å². The minimum atomic E-state index is -4.32. The lowest BCUT2D eigenvalue weighted by Crippen LogP contribution is -2.37. The van der Waals surface area contributed by atoms with Gasteiger partial charge in [-0.15, -0.1) is 0 Å². The number of esters is 4. The third kappa shape index (κ3) is 30.6. The second-order valence-corrected chi connectivity index (χ2v) is 25.2. The first-order chi connectivity index (χ1) is 37.9. The number of carboxylic acid groups (broad SMARTS) is 1. The normalized spacial score (nSPS) is 13.0. The van der Waals surface area contributed by atoms with Gasteiger partial charge < -0.3 is 42.9 Å². The summed E-state index contributed by atoms with van der Waals surface area (Å²) >= 11 is 0. The number of ether oxygens (including phenoxy) is 4. The zero-order valence-electron chi connectivity index (χ0n) is 44.6. The summed E-state index contributed by atoms with van der Waals surface area (Å²) in [7, 11) is -8.68. The van der Waals surface area contributed by atoms with Crippen molar-refractivity contribution in [2.75, 3.05) is 18.5 Å². The van der Waals surface area contributed by atoms with Crippen molar-refractivity contribution < 1.29 is 80.6 Å². The maximum absolute atomic E-state index is 13.4. The minimum Gasteiger partial charge on any atom is -0.481 e. The molecule has 0 saturated heterocycles. The number of aliphatic carboxylic acids is 1. The van der Waals surface area contributed by atoms with Gasteiger partial charge in [0.05, 0.1) is 12.2 Å². The van der Waals surface area contributed by atoms with Crippen molar-refractivity contribution in [1.29, 1.82) is 0 Å². The van der Waals surface area contributed by atoms with Crippen LogP contribution >= 0.6 is 44.2 Å². The molecule has 0 bridgehead atoms. The molecule has 2 heterocycles. The van der Waals surface area contributed by atoms with Crippen molar-refractivity contribution in [3.8, 4) is 11.5 Å². The molecule has 0 aliphatic heterocycles. The summed E-state index contributed by atoms with van der Waals surface area (Å²) in [6.07, 6.45) is 0.778. The Balaban J connectivity index is 0.000000292. The van der Waals surface area contributed by atoms with E-state index in [-0.39, 0.29) is 31.2 Å². The van der Waals surface area contributed by atoms with Crippen LogP contribution in [0.2, 0.25) is 0 Å². The van der Waals surface area contributed by atoms with Gasteiger partial charge in [0, 0.05) is 12.4 Å². The Morgan fingerprint density at radius 2 is 0.825 bits per heavy atom. The maximum atomic E-state index is 13.4. The lowest BCUT2D eigenvalue weighted by Gasteiger charge is -2.23. The number of pyridine rings is 2. The molecule has 0 amide bonds. The van der Waals surface area contributed by atoms with Gasteiger partial charge >= 0.3 is 52.5 Å². The number of para-hydroxylation sites is 2. The monoisotopic (exact) mass is 1200 g/mol. The number of carbonyl (C=O) groups excluding carboxylic acids is 4. The topological polar surface area (TPSA) is 302 Å². The van der Waals surface area contributed by atoms with E-state index in [2.05, 4.69) is 24.9 Å². The number of nitrogens with zero attached hydrogens (tertiary/aromatic N) is 2. The zero-order valence-corrected chi connectivity index (χ0v) is 48.9. The molecule has 6 rings (SSSR count). The number of rotatable bonds is 25. The van der Waals surface area contributed by atoms with E-state index in [1.807, 2.05) is 72.8 Å². The molecule has 0 aliphatic carbocycles. The Morgan fingerprint density at radius 1 is 0.487 bits per heavy atom. The first-order valence-electron chi connectivity index (χ1n) is 24.4. The molecule has 80 heavy (non-hydrogen) atoms. The van der Waals surface area contributed by atoms with Crippen LogP contribution in [-0.2, 0) is 69.8 Å². The van der Waals surface area contributed by atoms with Crippen LogP contribution < -0.4 is 19.2 Å². The quantitative estimate of drug-likeness (QED) is 0.0154. The fourth-order valence-electron chi connectivity index (χ4n) is 5.84. The predicted molar refractivity (Wildman–Crippen MR) is 304 cm³/mol. The molecule has 430 valence electrons. The summed E-state index contributed by atoms with van der Waals surface area (Å²) in [5, 5.41) is 16.0. The molecule has 4 aromatic carbocycles. The molecule has 0 saturated carbocycles. The molecule has 5 N–H and O–H groups in total. The molecule has 0 spiro atoms. The summed E-state index contributed by atoms with van der Waals surface area (Å²) < 4.78 is 67.4. The number of carbonyl (C=O) groups is 5. The number of hydrogen-bond donors (Lipinski definition) is 5. The van der Waals surface area contributed by atoms with Gasteiger partial charge in [0.15, 0.2) is 0 Å². The Kier molecular flexibility index (Phi) is 30.3. The highest BCUT2D eigenvalue weighted by atomic mass is 33.1. The van der Waals surface area contributed by atoms with Crippen LogP contribution in [0.5, 0.6) is 11.5 Å². The Morgan fingerprint density at radius 3 is 1.15 bits per heavy atom. The van der Waals surface area contributed by atoms with Gasteiger partial charge in [-0.1, -0.05) is 109 Å². The highest BCUT2D eigenvalue weighted by Crippen LogP contribution is 2.45. The first kappa shape index (κ1) is 67.6. The summed E-state index contributed by atoms with van der Waals surface area (Å²) in [6.45, 7) is 9.81. The molecule has 21 nitrogen and oxygen atoms in total. The molecule has 2 unspecified atom stereocenters. The van der Waals surface area contributed by atoms with Crippen LogP contribution in [-0.4, -0.2) is 97.5 Å². The maximum Gasteiger partial charge on any atom is 0.336 e. The molecular formula is C54H65N4O17P3S2. The zero-order chi connectivity index (χ0) is 59.0. The summed E-state index contributed by atoms with van der Waals surface area (Å²) in [5.74, 6) is -3.55. The van der Waals surface area contributed by atoms with E-state index in [0.29, 0.717) is 5.75 Å². The lowest BCUT2D eigenvalue weighted by atomic mass is 10.2. The average molecular weight is 1200 g/mol. The second-order valence-electron chi connectivity index (χ2n) is 17.2. The van der Waals surface area contributed by atoms with Crippen molar-refractivity contribution >= 4 is 74.1 Å². The van der Waals surface area contributed by atoms with Gasteiger partial charge in [0.1, 0.15) is 65.3 Å². The fraction of sp³-hybridized carbons (Fsp3) is 0.278. The molecule has 2 aromatic heterocycles. The first-order valence-corrected chi connectivity index (χ1v) is 31.9. The van der Waals surface area contributed by atoms with Gasteiger partial charge in [-0.2, -0.15) is 0 Å². The van der Waals surface area contributed by atoms with Crippen molar-refractivity contribution in [1.82, 2.24) is 20.1 Å². The molecule has 0 aliphatic rings. The van der Waals surface area contributed by atoms with E-state index in [9.17, 15) is 37.7 Å². The van der Waals surface area contributed by atoms with Crippen molar-refractivity contribution in [2.24, 2.45) is 0 Å². The number of aromatic nitrogens is 2. The van der Waals surface area contributed by atoms with E-state index in [4.69, 9.17) is 38.2 Å². The Hall–Kier alpha value is -6.64. The summed E-state index contributed by atoms with van der Waals surface area (Å²) in [4.78, 5) is 83.4. The van der Waals surface area contributed by atoms with E-state index >= 15 is 0 Å². The third-order valence-corrected chi connectivity index (χ3v) is 16.0. The van der Waals surface area contributed by atoms with Crippen LogP contribution in [0.15, 0.2) is 180 Å². The van der Waals surface area contributed by atoms with Crippen molar-refractivity contribution in [3.05, 3.63) is 181 Å². The van der Waals surface area contributed by atoms with E-state index in [1.54, 1.807) is 147 Å². The smallest absolute Gasteiger partial charge is 0.336 e. The van der Waals surface area contributed by atoms with Gasteiger partial charge in [-0.05, 0) is 123 Å². The van der Waals surface area contributed by atoms with Crippen LogP contribution in [0, 0.1) is 0 Å². The largest absolute Gasteiger partial charge is 0.481 e. The van der Waals surface area contributed by atoms with Crippen LogP contribution in [0.3, 0.4) is 0 Å². The molecule has 0 radical (unpaired) electrons. The number of carboxylic acids is 1. The highest BCUT2D eigenvalue weighted by molar-refractivity contribution is 8.76. The summed E-state index contributed by atoms with van der Waals surface area (Å²) in [5.41, 5.74) is 1.58. The van der Waals surface area contributed by atoms with Gasteiger partial charge in [-0.25, -0.2) is 20.1 Å². The number of benzene rings is 4. The van der Waals surface area contributed by atoms with Crippen LogP contribution in [0.25, 0.3) is 0 Å².